The monoisotopic (exact) mass is 351 g/mol. The molecular formula is C21H21NO2S. The highest BCUT2D eigenvalue weighted by Crippen LogP contribution is 2.26. The quantitative estimate of drug-likeness (QED) is 0.659. The zero-order valence-electron chi connectivity index (χ0n) is 14.6. The number of para-hydroxylation sites is 1. The molecule has 3 nitrogen and oxygen atoms in total. The van der Waals surface area contributed by atoms with Gasteiger partial charge in [-0.3, -0.25) is 4.79 Å². The molecule has 0 radical (unpaired) electrons. The molecular weight excluding hydrogens is 330 g/mol. The second kappa shape index (κ2) is 7.53. The van der Waals surface area contributed by atoms with E-state index in [-0.39, 0.29) is 5.91 Å². The molecule has 0 aliphatic heterocycles. The summed E-state index contributed by atoms with van der Waals surface area (Å²) in [6, 6.07) is 15.6. The standard InChI is InChI=1S/C21H21NO2S/c1-14-9-15(2)20(16(3)10-14)24-12-17-11-19(25-13-17)21(23)22-18-7-5-4-6-8-18/h4-11,13H,12H2,1-3H3,(H,22,23). The fraction of sp³-hybridized carbons (Fsp3) is 0.190. The van der Waals surface area contributed by atoms with E-state index < -0.39 is 0 Å². The van der Waals surface area contributed by atoms with Gasteiger partial charge in [-0.15, -0.1) is 11.3 Å². The molecule has 3 rings (SSSR count). The van der Waals surface area contributed by atoms with Gasteiger partial charge in [0.05, 0.1) is 4.88 Å². The molecule has 128 valence electrons. The molecule has 1 aromatic heterocycles. The van der Waals surface area contributed by atoms with E-state index in [1.54, 1.807) is 0 Å². The van der Waals surface area contributed by atoms with Crippen LogP contribution in [0.5, 0.6) is 5.75 Å². The summed E-state index contributed by atoms with van der Waals surface area (Å²) in [5.41, 5.74) is 5.30. The first-order valence-electron chi connectivity index (χ1n) is 8.17. The highest BCUT2D eigenvalue weighted by atomic mass is 32.1. The maximum Gasteiger partial charge on any atom is 0.265 e. The van der Waals surface area contributed by atoms with Crippen LogP contribution in [0, 0.1) is 20.8 Å². The van der Waals surface area contributed by atoms with Gasteiger partial charge in [-0.2, -0.15) is 0 Å². The van der Waals surface area contributed by atoms with Crippen LogP contribution in [0.2, 0.25) is 0 Å². The maximum absolute atomic E-state index is 12.3. The minimum Gasteiger partial charge on any atom is -0.488 e. The van der Waals surface area contributed by atoms with E-state index in [0.717, 1.165) is 28.1 Å². The molecule has 0 unspecified atom stereocenters. The van der Waals surface area contributed by atoms with Gasteiger partial charge < -0.3 is 10.1 Å². The number of thiophene rings is 1. The predicted octanol–water partition coefficient (Wildman–Crippen LogP) is 5.50. The van der Waals surface area contributed by atoms with Crippen molar-refractivity contribution in [1.29, 1.82) is 0 Å². The molecule has 0 fully saturated rings. The lowest BCUT2D eigenvalue weighted by Crippen LogP contribution is -2.09. The minimum atomic E-state index is -0.0925. The SMILES string of the molecule is Cc1cc(C)c(OCc2csc(C(=O)Nc3ccccc3)c2)c(C)c1. The number of hydrogen-bond donors (Lipinski definition) is 1. The first-order valence-corrected chi connectivity index (χ1v) is 9.05. The van der Waals surface area contributed by atoms with Gasteiger partial charge in [-0.05, 0) is 55.5 Å². The van der Waals surface area contributed by atoms with E-state index in [1.807, 2.05) is 41.8 Å². The molecule has 1 N–H and O–H groups in total. The molecule has 1 amide bonds. The van der Waals surface area contributed by atoms with Gasteiger partial charge in [0.2, 0.25) is 0 Å². The third kappa shape index (κ3) is 4.28. The molecule has 1 heterocycles. The molecule has 4 heteroatoms. The summed E-state index contributed by atoms with van der Waals surface area (Å²) in [5, 5.41) is 4.87. The van der Waals surface area contributed by atoms with Gasteiger partial charge in [0.15, 0.2) is 0 Å². The van der Waals surface area contributed by atoms with Crippen LogP contribution in [0.1, 0.15) is 31.9 Å². The Labute approximate surface area is 152 Å². The number of aryl methyl sites for hydroxylation is 3. The minimum absolute atomic E-state index is 0.0925. The molecule has 0 saturated carbocycles. The van der Waals surface area contributed by atoms with Crippen molar-refractivity contribution < 1.29 is 9.53 Å². The molecule has 25 heavy (non-hydrogen) atoms. The van der Waals surface area contributed by atoms with Crippen LogP contribution >= 0.6 is 11.3 Å². The van der Waals surface area contributed by atoms with Crippen LogP contribution in [0.15, 0.2) is 53.9 Å². The van der Waals surface area contributed by atoms with Crippen molar-refractivity contribution in [3.05, 3.63) is 81.0 Å². The zero-order valence-corrected chi connectivity index (χ0v) is 15.4. The van der Waals surface area contributed by atoms with E-state index >= 15 is 0 Å². The van der Waals surface area contributed by atoms with E-state index in [0.29, 0.717) is 11.5 Å². The highest BCUT2D eigenvalue weighted by Gasteiger charge is 2.11. The summed E-state index contributed by atoms with van der Waals surface area (Å²) >= 11 is 1.43. The van der Waals surface area contributed by atoms with Gasteiger partial charge in [0.25, 0.3) is 5.91 Å². The fourth-order valence-electron chi connectivity index (χ4n) is 2.83. The van der Waals surface area contributed by atoms with Crippen molar-refractivity contribution in [3.63, 3.8) is 0 Å². The Bertz CT molecular complexity index is 861. The lowest BCUT2D eigenvalue weighted by molar-refractivity contribution is 0.103. The van der Waals surface area contributed by atoms with Crippen molar-refractivity contribution in [2.24, 2.45) is 0 Å². The normalized spacial score (nSPS) is 10.5. The number of rotatable bonds is 5. The number of ether oxygens (including phenoxy) is 1. The van der Waals surface area contributed by atoms with E-state index in [4.69, 9.17) is 4.74 Å². The second-order valence-corrected chi connectivity index (χ2v) is 7.07. The summed E-state index contributed by atoms with van der Waals surface area (Å²) < 4.78 is 5.99. The van der Waals surface area contributed by atoms with Gasteiger partial charge >= 0.3 is 0 Å². The Morgan fingerprint density at radius 2 is 1.72 bits per heavy atom. The lowest BCUT2D eigenvalue weighted by Gasteiger charge is -2.12. The van der Waals surface area contributed by atoms with Crippen molar-refractivity contribution in [1.82, 2.24) is 0 Å². The van der Waals surface area contributed by atoms with Crippen molar-refractivity contribution in [2.45, 2.75) is 27.4 Å². The second-order valence-electron chi connectivity index (χ2n) is 6.16. The lowest BCUT2D eigenvalue weighted by atomic mass is 10.1. The number of carbonyl (C=O) groups excluding carboxylic acids is 1. The van der Waals surface area contributed by atoms with Crippen molar-refractivity contribution in [3.8, 4) is 5.75 Å². The van der Waals surface area contributed by atoms with Crippen LogP contribution in [-0.2, 0) is 6.61 Å². The third-order valence-corrected chi connectivity index (χ3v) is 4.87. The van der Waals surface area contributed by atoms with Crippen LogP contribution in [0.4, 0.5) is 5.69 Å². The van der Waals surface area contributed by atoms with Crippen LogP contribution < -0.4 is 10.1 Å². The molecule has 0 spiro atoms. The van der Waals surface area contributed by atoms with E-state index in [9.17, 15) is 4.79 Å². The average molecular weight is 351 g/mol. The largest absolute Gasteiger partial charge is 0.488 e. The Balaban J connectivity index is 1.65. The average Bonchev–Trinajstić information content (AvgIpc) is 3.04. The topological polar surface area (TPSA) is 38.3 Å². The molecule has 0 saturated heterocycles. The van der Waals surface area contributed by atoms with Gasteiger partial charge in [-0.1, -0.05) is 35.9 Å². The smallest absolute Gasteiger partial charge is 0.265 e. The maximum atomic E-state index is 12.3. The van der Waals surface area contributed by atoms with Crippen molar-refractivity contribution >= 4 is 22.9 Å². The zero-order chi connectivity index (χ0) is 17.8. The van der Waals surface area contributed by atoms with Gasteiger partial charge in [-0.25, -0.2) is 0 Å². The molecule has 3 aromatic rings. The number of benzene rings is 2. The predicted molar refractivity (Wildman–Crippen MR) is 104 cm³/mol. The molecule has 0 atom stereocenters. The van der Waals surface area contributed by atoms with Crippen LogP contribution in [0.25, 0.3) is 0 Å². The Kier molecular flexibility index (Phi) is 5.19. The summed E-state index contributed by atoms with van der Waals surface area (Å²) in [6.07, 6.45) is 0. The highest BCUT2D eigenvalue weighted by molar-refractivity contribution is 7.12. The van der Waals surface area contributed by atoms with E-state index in [1.165, 1.54) is 16.9 Å². The van der Waals surface area contributed by atoms with Gasteiger partial charge in [0.1, 0.15) is 12.4 Å². The van der Waals surface area contributed by atoms with Crippen molar-refractivity contribution in [2.75, 3.05) is 5.32 Å². The molecule has 0 bridgehead atoms. The summed E-state index contributed by atoms with van der Waals surface area (Å²) in [7, 11) is 0. The first-order chi connectivity index (χ1) is 12.0. The van der Waals surface area contributed by atoms with Crippen LogP contribution in [0.3, 0.4) is 0 Å². The molecule has 0 aliphatic rings. The number of nitrogens with one attached hydrogen (secondary N) is 1. The summed E-state index contributed by atoms with van der Waals surface area (Å²) in [6.45, 7) is 6.66. The van der Waals surface area contributed by atoms with Crippen LogP contribution in [-0.4, -0.2) is 5.91 Å². The van der Waals surface area contributed by atoms with E-state index in [2.05, 4.69) is 38.2 Å². The summed E-state index contributed by atoms with van der Waals surface area (Å²) in [5.74, 6) is 0.831. The Hall–Kier alpha value is -2.59. The molecule has 2 aromatic carbocycles. The van der Waals surface area contributed by atoms with Gasteiger partial charge in [0, 0.05) is 11.3 Å². The number of hydrogen-bond acceptors (Lipinski definition) is 3. The first kappa shape index (κ1) is 17.2. The third-order valence-electron chi connectivity index (χ3n) is 3.90. The fourth-order valence-corrected chi connectivity index (χ4v) is 3.63. The Morgan fingerprint density at radius 1 is 1.04 bits per heavy atom. The summed E-state index contributed by atoms with van der Waals surface area (Å²) in [4.78, 5) is 13.0. The number of anilines is 1. The molecule has 0 aliphatic carbocycles. The Morgan fingerprint density at radius 3 is 2.40 bits per heavy atom. The number of amides is 1. The number of carbonyl (C=O) groups is 1.